The Kier molecular flexibility index (Phi) is 3.84. The molecule has 0 aliphatic carbocycles. The predicted octanol–water partition coefficient (Wildman–Crippen LogP) is 1.74. The van der Waals surface area contributed by atoms with E-state index in [9.17, 15) is 0 Å². The molecule has 1 aromatic carbocycles. The monoisotopic (exact) mass is 266 g/mol. The van der Waals surface area contributed by atoms with E-state index in [0.29, 0.717) is 29.6 Å². The Labute approximate surface area is 111 Å². The number of halogens is 1. The number of rotatable bonds is 4. The molecule has 96 valence electrons. The summed E-state index contributed by atoms with van der Waals surface area (Å²) in [6, 6.07) is 5.49. The first-order chi connectivity index (χ1) is 8.65. The number of nitrogens with zero attached hydrogens (tertiary/aromatic N) is 3. The van der Waals surface area contributed by atoms with Gasteiger partial charge in [0.05, 0.1) is 17.8 Å². The van der Waals surface area contributed by atoms with Crippen molar-refractivity contribution >= 4 is 11.6 Å². The molecule has 1 aromatic heterocycles. The van der Waals surface area contributed by atoms with Gasteiger partial charge < -0.3 is 10.5 Å². The SMILES string of the molecule is COc1ccc(-n2nc(C)nc2CCN)cc1Cl. The highest BCUT2D eigenvalue weighted by molar-refractivity contribution is 6.32. The molecule has 2 N–H and O–H groups in total. The molecule has 0 unspecified atom stereocenters. The van der Waals surface area contributed by atoms with Crippen molar-refractivity contribution in [2.24, 2.45) is 5.73 Å². The Hall–Kier alpha value is -1.59. The molecule has 0 spiro atoms. The molecule has 2 rings (SSSR count). The van der Waals surface area contributed by atoms with Gasteiger partial charge >= 0.3 is 0 Å². The fraction of sp³-hybridized carbons (Fsp3) is 0.333. The number of aryl methyl sites for hydroxylation is 1. The minimum absolute atomic E-state index is 0.530. The lowest BCUT2D eigenvalue weighted by molar-refractivity contribution is 0.415. The van der Waals surface area contributed by atoms with Crippen molar-refractivity contribution in [1.29, 1.82) is 0 Å². The number of aromatic nitrogens is 3. The molecule has 0 radical (unpaired) electrons. The van der Waals surface area contributed by atoms with Crippen LogP contribution in [0.3, 0.4) is 0 Å². The number of benzene rings is 1. The highest BCUT2D eigenvalue weighted by Gasteiger charge is 2.10. The van der Waals surface area contributed by atoms with E-state index in [4.69, 9.17) is 22.1 Å². The first-order valence-corrected chi connectivity index (χ1v) is 6.00. The molecule has 0 aliphatic heterocycles. The maximum Gasteiger partial charge on any atom is 0.148 e. The van der Waals surface area contributed by atoms with E-state index in [2.05, 4.69) is 10.1 Å². The summed E-state index contributed by atoms with van der Waals surface area (Å²) in [7, 11) is 1.58. The molecule has 0 saturated heterocycles. The second-order valence-electron chi connectivity index (χ2n) is 3.84. The summed E-state index contributed by atoms with van der Waals surface area (Å²) in [5, 5.41) is 4.89. The molecular formula is C12H15ClN4O. The molecule has 5 nitrogen and oxygen atoms in total. The van der Waals surface area contributed by atoms with Crippen LogP contribution in [0.4, 0.5) is 0 Å². The van der Waals surface area contributed by atoms with Gasteiger partial charge in [0.1, 0.15) is 17.4 Å². The van der Waals surface area contributed by atoms with Gasteiger partial charge in [-0.15, -0.1) is 0 Å². The highest BCUT2D eigenvalue weighted by atomic mass is 35.5. The lowest BCUT2D eigenvalue weighted by atomic mass is 10.3. The van der Waals surface area contributed by atoms with E-state index in [1.807, 2.05) is 13.0 Å². The number of hydrogen-bond donors (Lipinski definition) is 1. The van der Waals surface area contributed by atoms with Crippen LogP contribution < -0.4 is 10.5 Å². The maximum absolute atomic E-state index is 6.10. The molecule has 0 fully saturated rings. The summed E-state index contributed by atoms with van der Waals surface area (Å²) < 4.78 is 6.88. The van der Waals surface area contributed by atoms with E-state index in [0.717, 1.165) is 11.5 Å². The second kappa shape index (κ2) is 5.37. The number of ether oxygens (including phenoxy) is 1. The highest BCUT2D eigenvalue weighted by Crippen LogP contribution is 2.26. The van der Waals surface area contributed by atoms with Crippen LogP contribution in [0.5, 0.6) is 5.75 Å². The largest absolute Gasteiger partial charge is 0.495 e. The van der Waals surface area contributed by atoms with Crippen molar-refractivity contribution in [2.75, 3.05) is 13.7 Å². The molecule has 0 bridgehead atoms. The van der Waals surface area contributed by atoms with Crippen LogP contribution >= 0.6 is 11.6 Å². The summed E-state index contributed by atoms with van der Waals surface area (Å²) >= 11 is 6.10. The van der Waals surface area contributed by atoms with Crippen molar-refractivity contribution < 1.29 is 4.74 Å². The van der Waals surface area contributed by atoms with E-state index in [1.165, 1.54) is 0 Å². The van der Waals surface area contributed by atoms with Gasteiger partial charge in [-0.1, -0.05) is 11.6 Å². The van der Waals surface area contributed by atoms with E-state index >= 15 is 0 Å². The van der Waals surface area contributed by atoms with Gasteiger partial charge in [-0.25, -0.2) is 9.67 Å². The summed E-state index contributed by atoms with van der Waals surface area (Å²) in [6.07, 6.45) is 0.671. The van der Waals surface area contributed by atoms with Gasteiger partial charge in [-0.3, -0.25) is 0 Å². The molecule has 18 heavy (non-hydrogen) atoms. The van der Waals surface area contributed by atoms with Gasteiger partial charge in [0, 0.05) is 6.42 Å². The Morgan fingerprint density at radius 1 is 1.44 bits per heavy atom. The average Bonchev–Trinajstić information content (AvgIpc) is 2.71. The van der Waals surface area contributed by atoms with Gasteiger partial charge in [0.25, 0.3) is 0 Å². The molecule has 1 heterocycles. The van der Waals surface area contributed by atoms with Crippen LogP contribution in [0, 0.1) is 6.92 Å². The molecule has 2 aromatic rings. The topological polar surface area (TPSA) is 66.0 Å². The van der Waals surface area contributed by atoms with Crippen LogP contribution in [0.15, 0.2) is 18.2 Å². The van der Waals surface area contributed by atoms with Crippen molar-refractivity contribution in [3.63, 3.8) is 0 Å². The third kappa shape index (κ3) is 2.47. The van der Waals surface area contributed by atoms with Gasteiger partial charge in [-0.2, -0.15) is 5.10 Å². The molecule has 0 amide bonds. The number of hydrogen-bond acceptors (Lipinski definition) is 4. The minimum atomic E-state index is 0.530. The summed E-state index contributed by atoms with van der Waals surface area (Å²) in [5.74, 6) is 2.18. The second-order valence-corrected chi connectivity index (χ2v) is 4.25. The third-order valence-corrected chi connectivity index (χ3v) is 2.82. The molecule has 0 saturated carbocycles. The molecular weight excluding hydrogens is 252 g/mol. The van der Waals surface area contributed by atoms with Gasteiger partial charge in [0.15, 0.2) is 0 Å². The average molecular weight is 267 g/mol. The van der Waals surface area contributed by atoms with Crippen LogP contribution in [0.1, 0.15) is 11.6 Å². The first kappa shape index (κ1) is 12.9. The quantitative estimate of drug-likeness (QED) is 0.915. The molecule has 0 atom stereocenters. The third-order valence-electron chi connectivity index (χ3n) is 2.53. The summed E-state index contributed by atoms with van der Waals surface area (Å²) in [5.41, 5.74) is 6.42. The normalized spacial score (nSPS) is 10.7. The zero-order chi connectivity index (χ0) is 13.1. The van der Waals surface area contributed by atoms with Gasteiger partial charge in [0.2, 0.25) is 0 Å². The predicted molar refractivity (Wildman–Crippen MR) is 70.4 cm³/mol. The maximum atomic E-state index is 6.10. The van der Waals surface area contributed by atoms with Crippen molar-refractivity contribution in [3.8, 4) is 11.4 Å². The van der Waals surface area contributed by atoms with E-state index in [-0.39, 0.29) is 0 Å². The van der Waals surface area contributed by atoms with Gasteiger partial charge in [-0.05, 0) is 31.7 Å². The number of nitrogens with two attached hydrogens (primary N) is 1. The fourth-order valence-corrected chi connectivity index (χ4v) is 2.00. The zero-order valence-electron chi connectivity index (χ0n) is 10.4. The molecule has 0 aliphatic rings. The Bertz CT molecular complexity index is 553. The van der Waals surface area contributed by atoms with Crippen LogP contribution in [-0.4, -0.2) is 28.4 Å². The lowest BCUT2D eigenvalue weighted by Crippen LogP contribution is -2.09. The van der Waals surface area contributed by atoms with E-state index < -0.39 is 0 Å². The Morgan fingerprint density at radius 2 is 2.22 bits per heavy atom. The zero-order valence-corrected chi connectivity index (χ0v) is 11.1. The summed E-state index contributed by atoms with van der Waals surface area (Å²) in [4.78, 5) is 4.35. The Morgan fingerprint density at radius 3 is 2.83 bits per heavy atom. The summed E-state index contributed by atoms with van der Waals surface area (Å²) in [6.45, 7) is 2.38. The standard InChI is InChI=1S/C12H15ClN4O/c1-8-15-12(5-6-14)17(16-8)9-3-4-11(18-2)10(13)7-9/h3-4,7H,5-6,14H2,1-2H3. The van der Waals surface area contributed by atoms with Crippen LogP contribution in [0.2, 0.25) is 5.02 Å². The van der Waals surface area contributed by atoms with Crippen molar-refractivity contribution in [2.45, 2.75) is 13.3 Å². The van der Waals surface area contributed by atoms with Crippen molar-refractivity contribution in [1.82, 2.24) is 14.8 Å². The number of methoxy groups -OCH3 is 1. The first-order valence-electron chi connectivity index (χ1n) is 5.62. The van der Waals surface area contributed by atoms with E-state index in [1.54, 1.807) is 23.9 Å². The smallest absolute Gasteiger partial charge is 0.148 e. The van der Waals surface area contributed by atoms with Crippen molar-refractivity contribution in [3.05, 3.63) is 34.9 Å². The Balaban J connectivity index is 2.44. The van der Waals surface area contributed by atoms with Crippen LogP contribution in [0.25, 0.3) is 5.69 Å². The molecule has 6 heteroatoms. The minimum Gasteiger partial charge on any atom is -0.495 e. The lowest BCUT2D eigenvalue weighted by Gasteiger charge is -2.08. The van der Waals surface area contributed by atoms with Crippen LogP contribution in [-0.2, 0) is 6.42 Å². The fourth-order valence-electron chi connectivity index (χ4n) is 1.74.